The number of aromatic hydroxyl groups is 1. The molecule has 1 N–H and O–H groups in total. The lowest BCUT2D eigenvalue weighted by atomic mass is 10.2. The number of sulfone groups is 1. The van der Waals surface area contributed by atoms with Gasteiger partial charge in [-0.25, -0.2) is 17.8 Å². The summed E-state index contributed by atoms with van der Waals surface area (Å²) in [4.78, 5) is 17.1. The van der Waals surface area contributed by atoms with Crippen molar-refractivity contribution in [3.8, 4) is 16.3 Å². The van der Waals surface area contributed by atoms with E-state index in [2.05, 4.69) is 9.88 Å². The number of carbonyl (C=O) groups is 1. The maximum Gasteiger partial charge on any atom is 0.217 e. The SMILES string of the molecule is O=Cc1cc(S(=O)(=O)c2cnc(-c3ccc(N4CCCC4)cc3)s2)cc(F)c1O. The van der Waals surface area contributed by atoms with E-state index in [1.165, 1.54) is 19.0 Å². The zero-order valence-corrected chi connectivity index (χ0v) is 16.8. The molecule has 6 nitrogen and oxygen atoms in total. The van der Waals surface area contributed by atoms with Crippen LogP contribution in [0, 0.1) is 5.82 Å². The highest BCUT2D eigenvalue weighted by Gasteiger charge is 2.24. The molecule has 9 heteroatoms. The Balaban J connectivity index is 1.64. The van der Waals surface area contributed by atoms with Crippen LogP contribution in [0.3, 0.4) is 0 Å². The predicted octanol–water partition coefficient (Wildman–Crippen LogP) is 3.90. The fourth-order valence-corrected chi connectivity index (χ4v) is 5.85. The van der Waals surface area contributed by atoms with Gasteiger partial charge in [-0.1, -0.05) is 0 Å². The Labute approximate surface area is 171 Å². The monoisotopic (exact) mass is 432 g/mol. The summed E-state index contributed by atoms with van der Waals surface area (Å²) in [6.07, 6.45) is 3.78. The molecule has 4 rings (SSSR count). The minimum absolute atomic E-state index is 0.0712. The van der Waals surface area contributed by atoms with E-state index in [4.69, 9.17) is 0 Å². The number of benzene rings is 2. The number of aromatic nitrogens is 1. The third-order valence-electron chi connectivity index (χ3n) is 4.84. The van der Waals surface area contributed by atoms with Gasteiger partial charge in [-0.2, -0.15) is 0 Å². The lowest BCUT2D eigenvalue weighted by Crippen LogP contribution is -2.17. The van der Waals surface area contributed by atoms with E-state index in [0.29, 0.717) is 11.1 Å². The van der Waals surface area contributed by atoms with E-state index in [1.54, 1.807) is 0 Å². The van der Waals surface area contributed by atoms with Gasteiger partial charge in [0.15, 0.2) is 17.9 Å². The zero-order chi connectivity index (χ0) is 20.6. The number of hydrogen-bond acceptors (Lipinski definition) is 7. The first kappa shape index (κ1) is 19.5. The molecular weight excluding hydrogens is 415 g/mol. The summed E-state index contributed by atoms with van der Waals surface area (Å²) in [5.41, 5.74) is 1.48. The third-order valence-corrected chi connectivity index (χ3v) is 8.08. The van der Waals surface area contributed by atoms with Gasteiger partial charge >= 0.3 is 0 Å². The number of phenolic OH excluding ortho intramolecular Hbond substituents is 1. The molecule has 0 bridgehead atoms. The van der Waals surface area contributed by atoms with Crippen LogP contribution in [0.2, 0.25) is 0 Å². The number of anilines is 1. The second-order valence-electron chi connectivity index (χ2n) is 6.69. The van der Waals surface area contributed by atoms with Crippen molar-refractivity contribution in [1.82, 2.24) is 4.98 Å². The number of halogens is 1. The molecule has 0 unspecified atom stereocenters. The van der Waals surface area contributed by atoms with Gasteiger partial charge in [-0.15, -0.1) is 11.3 Å². The quantitative estimate of drug-likeness (QED) is 0.616. The Bertz CT molecular complexity index is 1170. The van der Waals surface area contributed by atoms with Crippen molar-refractivity contribution in [2.24, 2.45) is 0 Å². The number of aldehydes is 1. The standard InChI is InChI=1S/C20H17FN2O4S2/c21-17-10-16(9-14(12-24)19(17)25)29(26,27)18-11-22-20(28-18)13-3-5-15(6-4-13)23-7-1-2-8-23/h3-6,9-12,25H,1-2,7-8H2. The molecule has 1 fully saturated rings. The molecule has 1 aliphatic rings. The fraction of sp³-hybridized carbons (Fsp3) is 0.200. The van der Waals surface area contributed by atoms with E-state index in [-0.39, 0.29) is 10.5 Å². The van der Waals surface area contributed by atoms with Crippen molar-refractivity contribution in [3.63, 3.8) is 0 Å². The summed E-state index contributed by atoms with van der Waals surface area (Å²) >= 11 is 0.963. The molecule has 0 atom stereocenters. The van der Waals surface area contributed by atoms with Crippen LogP contribution < -0.4 is 4.90 Å². The maximum atomic E-state index is 13.8. The molecule has 150 valence electrons. The largest absolute Gasteiger partial charge is 0.504 e. The highest BCUT2D eigenvalue weighted by atomic mass is 32.2. The van der Waals surface area contributed by atoms with Gasteiger partial charge in [0.2, 0.25) is 9.84 Å². The molecule has 2 heterocycles. The van der Waals surface area contributed by atoms with Gasteiger partial charge < -0.3 is 10.0 Å². The molecular formula is C20H17FN2O4S2. The molecule has 0 aliphatic carbocycles. The van der Waals surface area contributed by atoms with Gasteiger partial charge in [-0.3, -0.25) is 4.79 Å². The van der Waals surface area contributed by atoms with Crippen molar-refractivity contribution in [3.05, 3.63) is 54.0 Å². The third kappa shape index (κ3) is 3.63. The van der Waals surface area contributed by atoms with Crippen LogP contribution in [0.5, 0.6) is 5.75 Å². The van der Waals surface area contributed by atoms with Crippen molar-refractivity contribution in [2.75, 3.05) is 18.0 Å². The smallest absolute Gasteiger partial charge is 0.217 e. The predicted molar refractivity (Wildman–Crippen MR) is 108 cm³/mol. The van der Waals surface area contributed by atoms with Crippen LogP contribution in [0.25, 0.3) is 10.6 Å². The Morgan fingerprint density at radius 3 is 2.48 bits per heavy atom. The molecule has 0 amide bonds. The topological polar surface area (TPSA) is 87.6 Å². The normalized spacial score (nSPS) is 14.3. The number of hydrogen-bond donors (Lipinski definition) is 1. The molecule has 0 radical (unpaired) electrons. The zero-order valence-electron chi connectivity index (χ0n) is 15.2. The molecule has 2 aromatic carbocycles. The van der Waals surface area contributed by atoms with E-state index >= 15 is 0 Å². The molecule has 0 spiro atoms. The van der Waals surface area contributed by atoms with Crippen LogP contribution >= 0.6 is 11.3 Å². The number of carbonyl (C=O) groups excluding carboxylic acids is 1. The summed E-state index contributed by atoms with van der Waals surface area (Å²) in [6.45, 7) is 2.07. The van der Waals surface area contributed by atoms with Crippen LogP contribution in [-0.2, 0) is 9.84 Å². The van der Waals surface area contributed by atoms with Gasteiger partial charge in [0.1, 0.15) is 9.22 Å². The first-order valence-electron chi connectivity index (χ1n) is 8.94. The van der Waals surface area contributed by atoms with Crippen LogP contribution in [0.15, 0.2) is 51.7 Å². The van der Waals surface area contributed by atoms with Crippen LogP contribution in [0.1, 0.15) is 23.2 Å². The number of nitrogens with zero attached hydrogens (tertiary/aromatic N) is 2. The Hall–Kier alpha value is -2.78. The molecule has 0 saturated carbocycles. The first-order valence-corrected chi connectivity index (χ1v) is 11.2. The van der Waals surface area contributed by atoms with Gasteiger partial charge in [-0.05, 0) is 49.2 Å². The molecule has 3 aromatic rings. The van der Waals surface area contributed by atoms with Crippen LogP contribution in [-0.4, -0.2) is 37.9 Å². The Morgan fingerprint density at radius 1 is 1.14 bits per heavy atom. The summed E-state index contributed by atoms with van der Waals surface area (Å²) in [6, 6.07) is 9.41. The van der Waals surface area contributed by atoms with E-state index < -0.39 is 31.9 Å². The van der Waals surface area contributed by atoms with Gasteiger partial charge in [0.05, 0.1) is 16.7 Å². The van der Waals surface area contributed by atoms with Crippen molar-refractivity contribution < 1.29 is 22.7 Å². The average molecular weight is 432 g/mol. The number of phenols is 1. The Kier molecular flexibility index (Phi) is 5.10. The Morgan fingerprint density at radius 2 is 1.83 bits per heavy atom. The van der Waals surface area contributed by atoms with E-state index in [1.807, 2.05) is 24.3 Å². The highest BCUT2D eigenvalue weighted by molar-refractivity contribution is 7.93. The minimum Gasteiger partial charge on any atom is -0.504 e. The first-order chi connectivity index (χ1) is 13.9. The van der Waals surface area contributed by atoms with E-state index in [0.717, 1.165) is 41.7 Å². The van der Waals surface area contributed by atoms with Crippen LogP contribution in [0.4, 0.5) is 10.1 Å². The summed E-state index contributed by atoms with van der Waals surface area (Å²) in [5, 5.41) is 10.0. The molecule has 1 aliphatic heterocycles. The molecule has 1 aromatic heterocycles. The minimum atomic E-state index is -4.08. The summed E-state index contributed by atoms with van der Waals surface area (Å²) in [5.74, 6) is -2.04. The van der Waals surface area contributed by atoms with Crippen molar-refractivity contribution in [1.29, 1.82) is 0 Å². The van der Waals surface area contributed by atoms with E-state index in [9.17, 15) is 22.7 Å². The average Bonchev–Trinajstić information content (AvgIpc) is 3.42. The fourth-order valence-electron chi connectivity index (χ4n) is 3.26. The van der Waals surface area contributed by atoms with Gasteiger partial charge in [0, 0.05) is 24.3 Å². The summed E-state index contributed by atoms with van der Waals surface area (Å²) in [7, 11) is -4.08. The second kappa shape index (κ2) is 7.57. The van der Waals surface area contributed by atoms with Crippen molar-refractivity contribution >= 4 is 33.1 Å². The second-order valence-corrected chi connectivity index (χ2v) is 9.90. The van der Waals surface area contributed by atoms with Gasteiger partial charge in [0.25, 0.3) is 0 Å². The lowest BCUT2D eigenvalue weighted by molar-refractivity contribution is 0.112. The highest BCUT2D eigenvalue weighted by Crippen LogP contribution is 2.34. The number of thiazole rings is 1. The lowest BCUT2D eigenvalue weighted by Gasteiger charge is -2.17. The van der Waals surface area contributed by atoms with Crippen molar-refractivity contribution in [2.45, 2.75) is 21.9 Å². The molecule has 29 heavy (non-hydrogen) atoms. The molecule has 1 saturated heterocycles. The number of rotatable bonds is 5. The summed E-state index contributed by atoms with van der Waals surface area (Å²) < 4.78 is 39.4. The maximum absolute atomic E-state index is 13.8.